The Labute approximate surface area is 186 Å². The van der Waals surface area contributed by atoms with Gasteiger partial charge in [0.15, 0.2) is 0 Å². The fourth-order valence-electron chi connectivity index (χ4n) is 2.99. The van der Waals surface area contributed by atoms with Crippen LogP contribution in [0.2, 0.25) is 0 Å². The number of benzene rings is 3. The van der Waals surface area contributed by atoms with Crippen LogP contribution in [0.4, 0.5) is 15.8 Å². The molecule has 31 heavy (non-hydrogen) atoms. The van der Waals surface area contributed by atoms with E-state index in [0.717, 1.165) is 20.4 Å². The van der Waals surface area contributed by atoms with Crippen LogP contribution in [0.3, 0.4) is 0 Å². The molecule has 1 N–H and O–H groups in total. The van der Waals surface area contributed by atoms with Gasteiger partial charge in [-0.2, -0.15) is 0 Å². The molecule has 0 heterocycles. The number of carbonyl (C=O) groups excluding carboxylic acids is 1. The van der Waals surface area contributed by atoms with E-state index in [2.05, 4.69) is 5.32 Å². The molecule has 3 rings (SSSR count). The van der Waals surface area contributed by atoms with E-state index in [4.69, 9.17) is 0 Å². The summed E-state index contributed by atoms with van der Waals surface area (Å²) in [7, 11) is -3.68. The number of sulfonamides is 1. The maximum atomic E-state index is 14.1. The zero-order chi connectivity index (χ0) is 22.3. The average molecular weight is 459 g/mol. The van der Waals surface area contributed by atoms with Crippen LogP contribution >= 0.6 is 11.8 Å². The molecule has 3 aromatic carbocycles. The number of hydrogen-bond donors (Lipinski definition) is 1. The van der Waals surface area contributed by atoms with Gasteiger partial charge in [0, 0.05) is 22.8 Å². The van der Waals surface area contributed by atoms with Gasteiger partial charge >= 0.3 is 0 Å². The topological polar surface area (TPSA) is 66.5 Å². The van der Waals surface area contributed by atoms with Crippen LogP contribution < -0.4 is 9.62 Å². The molecular formula is C23H23FN2O3S2. The van der Waals surface area contributed by atoms with E-state index in [0.29, 0.717) is 5.69 Å². The number of halogens is 1. The highest BCUT2D eigenvalue weighted by atomic mass is 32.2. The number of nitrogens with zero attached hydrogens (tertiary/aromatic N) is 1. The minimum atomic E-state index is -3.68. The molecule has 0 atom stereocenters. The zero-order valence-corrected chi connectivity index (χ0v) is 18.6. The molecule has 0 aromatic heterocycles. The van der Waals surface area contributed by atoms with Crippen molar-refractivity contribution in [3.8, 4) is 0 Å². The molecule has 8 heteroatoms. The number of anilines is 2. The Balaban J connectivity index is 1.62. The van der Waals surface area contributed by atoms with Gasteiger partial charge in [-0.3, -0.25) is 9.10 Å². The van der Waals surface area contributed by atoms with Gasteiger partial charge in [-0.25, -0.2) is 12.8 Å². The van der Waals surface area contributed by atoms with Gasteiger partial charge in [-0.1, -0.05) is 54.2 Å². The first-order valence-electron chi connectivity index (χ1n) is 9.68. The van der Waals surface area contributed by atoms with Crippen LogP contribution in [0.15, 0.2) is 88.7 Å². The lowest BCUT2D eigenvalue weighted by Crippen LogP contribution is -2.32. The molecular weight excluding hydrogens is 435 g/mol. The van der Waals surface area contributed by atoms with Crippen molar-refractivity contribution in [1.29, 1.82) is 0 Å². The van der Waals surface area contributed by atoms with Crippen molar-refractivity contribution in [2.24, 2.45) is 0 Å². The van der Waals surface area contributed by atoms with Gasteiger partial charge in [0.25, 0.3) is 0 Å². The lowest BCUT2D eigenvalue weighted by Gasteiger charge is -2.22. The molecule has 5 nitrogen and oxygen atoms in total. The number of amides is 1. The van der Waals surface area contributed by atoms with Crippen molar-refractivity contribution in [1.82, 2.24) is 0 Å². The van der Waals surface area contributed by atoms with Crippen molar-refractivity contribution in [2.45, 2.75) is 22.6 Å². The minimum Gasteiger partial charge on any atom is -0.325 e. The molecule has 0 bridgehead atoms. The molecule has 0 aliphatic carbocycles. The molecule has 0 unspecified atom stereocenters. The maximum Gasteiger partial charge on any atom is 0.232 e. The van der Waals surface area contributed by atoms with E-state index in [1.165, 1.54) is 18.2 Å². The third kappa shape index (κ3) is 6.57. The van der Waals surface area contributed by atoms with Gasteiger partial charge in [-0.05, 0) is 42.8 Å². The summed E-state index contributed by atoms with van der Waals surface area (Å²) < 4.78 is 39.3. The van der Waals surface area contributed by atoms with Gasteiger partial charge in [-0.15, -0.1) is 0 Å². The lowest BCUT2D eigenvalue weighted by molar-refractivity contribution is -0.116. The van der Waals surface area contributed by atoms with Gasteiger partial charge in [0.2, 0.25) is 15.9 Å². The van der Waals surface area contributed by atoms with Crippen molar-refractivity contribution in [2.75, 3.05) is 22.4 Å². The molecule has 1 amide bonds. The third-order valence-corrected chi connectivity index (χ3v) is 6.68. The first kappa shape index (κ1) is 22.8. The summed E-state index contributed by atoms with van der Waals surface area (Å²) >= 11 is 1.54. The Morgan fingerprint density at radius 2 is 1.61 bits per heavy atom. The summed E-state index contributed by atoms with van der Waals surface area (Å²) in [5.41, 5.74) is 0.672. The molecule has 0 saturated carbocycles. The minimum absolute atomic E-state index is 0.00754. The van der Waals surface area contributed by atoms with E-state index < -0.39 is 15.8 Å². The predicted octanol–water partition coefficient (Wildman–Crippen LogP) is 5.16. The van der Waals surface area contributed by atoms with Gasteiger partial charge in [0.05, 0.1) is 17.6 Å². The highest BCUT2D eigenvalue weighted by Crippen LogP contribution is 2.33. The Kier molecular flexibility index (Phi) is 7.70. The van der Waals surface area contributed by atoms with Gasteiger partial charge < -0.3 is 5.32 Å². The second-order valence-electron chi connectivity index (χ2n) is 6.85. The summed E-state index contributed by atoms with van der Waals surface area (Å²) in [5.74, 6) is -0.854. The summed E-state index contributed by atoms with van der Waals surface area (Å²) in [6, 6.07) is 23.0. The van der Waals surface area contributed by atoms with E-state index >= 15 is 0 Å². The first-order valence-corrected chi connectivity index (χ1v) is 12.3. The smallest absolute Gasteiger partial charge is 0.232 e. The summed E-state index contributed by atoms with van der Waals surface area (Å²) in [5, 5.41) is 2.89. The maximum absolute atomic E-state index is 14.1. The third-order valence-electron chi connectivity index (χ3n) is 4.42. The van der Waals surface area contributed by atoms with E-state index in [-0.39, 0.29) is 31.0 Å². The fraction of sp³-hybridized carbons (Fsp3) is 0.174. The average Bonchev–Trinajstić information content (AvgIpc) is 2.73. The molecule has 0 radical (unpaired) electrons. The van der Waals surface area contributed by atoms with Crippen LogP contribution in [0, 0.1) is 5.82 Å². The molecule has 0 spiro atoms. The van der Waals surface area contributed by atoms with Gasteiger partial charge in [0.1, 0.15) is 5.82 Å². The van der Waals surface area contributed by atoms with Crippen LogP contribution in [0.25, 0.3) is 0 Å². The summed E-state index contributed by atoms with van der Waals surface area (Å²) in [6.07, 6.45) is 1.38. The summed E-state index contributed by atoms with van der Waals surface area (Å²) in [6.45, 7) is 0.00754. The van der Waals surface area contributed by atoms with Crippen LogP contribution in [0.5, 0.6) is 0 Å². The van der Waals surface area contributed by atoms with Crippen LogP contribution in [-0.2, 0) is 14.8 Å². The fourth-order valence-corrected chi connectivity index (χ4v) is 4.88. The second-order valence-corrected chi connectivity index (χ2v) is 9.87. The first-order chi connectivity index (χ1) is 14.8. The zero-order valence-electron chi connectivity index (χ0n) is 17.0. The quantitative estimate of drug-likeness (QED) is 0.481. The van der Waals surface area contributed by atoms with E-state index in [9.17, 15) is 17.6 Å². The Morgan fingerprint density at radius 3 is 2.32 bits per heavy atom. The number of hydrogen-bond acceptors (Lipinski definition) is 4. The SMILES string of the molecule is CS(=O)(=O)N(CCCC(=O)Nc1ccccc1Sc1ccccc1)c1ccccc1F. The standard InChI is InChI=1S/C23H23FN2O3S2/c1-31(28,29)26(21-14-7-5-12-19(21)24)17-9-16-23(27)25-20-13-6-8-15-22(20)30-18-10-3-2-4-11-18/h2-8,10-15H,9,16-17H2,1H3,(H,25,27). The largest absolute Gasteiger partial charge is 0.325 e. The number of carbonyl (C=O) groups is 1. The van der Waals surface area contributed by atoms with Crippen molar-refractivity contribution < 1.29 is 17.6 Å². The predicted molar refractivity (Wildman–Crippen MR) is 123 cm³/mol. The van der Waals surface area contributed by atoms with E-state index in [1.54, 1.807) is 17.8 Å². The lowest BCUT2D eigenvalue weighted by atomic mass is 10.2. The number of para-hydroxylation sites is 2. The molecule has 0 saturated heterocycles. The van der Waals surface area contributed by atoms with Crippen molar-refractivity contribution in [3.63, 3.8) is 0 Å². The van der Waals surface area contributed by atoms with Crippen molar-refractivity contribution >= 4 is 39.1 Å². The Bertz CT molecular complexity index is 1140. The summed E-state index contributed by atoms with van der Waals surface area (Å²) in [4.78, 5) is 14.5. The molecule has 0 aliphatic rings. The molecule has 162 valence electrons. The van der Waals surface area contributed by atoms with E-state index in [1.807, 2.05) is 54.6 Å². The number of rotatable bonds is 9. The molecule has 0 fully saturated rings. The van der Waals surface area contributed by atoms with Crippen LogP contribution in [-0.4, -0.2) is 27.1 Å². The second kappa shape index (κ2) is 10.5. The monoisotopic (exact) mass is 458 g/mol. The Morgan fingerprint density at radius 1 is 0.968 bits per heavy atom. The highest BCUT2D eigenvalue weighted by molar-refractivity contribution is 7.99. The van der Waals surface area contributed by atoms with Crippen LogP contribution in [0.1, 0.15) is 12.8 Å². The molecule has 3 aromatic rings. The number of nitrogens with one attached hydrogen (secondary N) is 1. The highest BCUT2D eigenvalue weighted by Gasteiger charge is 2.20. The normalized spacial score (nSPS) is 11.2. The van der Waals surface area contributed by atoms with Crippen molar-refractivity contribution in [3.05, 3.63) is 84.7 Å². The Hall–Kier alpha value is -2.84. The molecule has 0 aliphatic heterocycles.